The van der Waals surface area contributed by atoms with E-state index in [1.165, 1.54) is 0 Å². The van der Waals surface area contributed by atoms with Crippen molar-refractivity contribution in [2.24, 2.45) is 0 Å². The molecule has 0 radical (unpaired) electrons. The van der Waals surface area contributed by atoms with Crippen molar-refractivity contribution in [1.29, 1.82) is 0 Å². The number of carbonyl (C=O) groups excluding carboxylic acids is 1. The maximum absolute atomic E-state index is 11.9. The molecule has 0 fully saturated rings. The van der Waals surface area contributed by atoms with Gasteiger partial charge in [0.2, 0.25) is 0 Å². The Balaban J connectivity index is 1.50. The van der Waals surface area contributed by atoms with Crippen LogP contribution in [0.3, 0.4) is 0 Å². The van der Waals surface area contributed by atoms with Crippen molar-refractivity contribution in [3.63, 3.8) is 0 Å². The molecule has 25 heavy (non-hydrogen) atoms. The Bertz CT molecular complexity index is 1010. The highest BCUT2D eigenvalue weighted by atomic mass is 32.1. The first-order valence-corrected chi connectivity index (χ1v) is 8.64. The molecular formula is C20H14N2O2S. The van der Waals surface area contributed by atoms with Crippen molar-refractivity contribution in [2.75, 3.05) is 5.32 Å². The third kappa shape index (κ3) is 3.36. The molecule has 0 bridgehead atoms. The average Bonchev–Trinajstić information content (AvgIpc) is 3.12. The first-order chi connectivity index (χ1) is 12.3. The molecule has 0 aliphatic rings. The van der Waals surface area contributed by atoms with Gasteiger partial charge in [0.05, 0.1) is 15.7 Å². The van der Waals surface area contributed by atoms with Crippen LogP contribution in [0, 0.1) is 0 Å². The summed E-state index contributed by atoms with van der Waals surface area (Å²) in [6.45, 7) is 0. The van der Waals surface area contributed by atoms with Gasteiger partial charge in [-0.3, -0.25) is 5.32 Å². The number of thiazole rings is 1. The lowest BCUT2D eigenvalue weighted by Crippen LogP contribution is -2.16. The average molecular weight is 346 g/mol. The molecule has 1 amide bonds. The summed E-state index contributed by atoms with van der Waals surface area (Å²) in [6, 6.07) is 22.7. The number of amides is 1. The van der Waals surface area contributed by atoms with Gasteiger partial charge < -0.3 is 4.74 Å². The van der Waals surface area contributed by atoms with Gasteiger partial charge in [-0.15, -0.1) is 11.3 Å². The van der Waals surface area contributed by atoms with E-state index >= 15 is 0 Å². The fourth-order valence-corrected chi connectivity index (χ4v) is 3.29. The normalized spacial score (nSPS) is 10.6. The highest BCUT2D eigenvalue weighted by Crippen LogP contribution is 2.30. The first kappa shape index (κ1) is 15.4. The standard InChI is InChI=1S/C20H14N2O2S/c23-20(24-16-5-2-1-3-6-16)22-15-11-9-14(10-12-15)17-7-4-8-18-19(17)21-13-25-18/h1-13H,(H,22,23). The predicted octanol–water partition coefficient (Wildman–Crippen LogP) is 5.57. The van der Waals surface area contributed by atoms with Gasteiger partial charge in [-0.25, -0.2) is 9.78 Å². The van der Waals surface area contributed by atoms with Crippen LogP contribution in [0.4, 0.5) is 10.5 Å². The van der Waals surface area contributed by atoms with Crippen LogP contribution in [-0.2, 0) is 0 Å². The first-order valence-electron chi connectivity index (χ1n) is 7.76. The number of ether oxygens (including phenoxy) is 1. The number of rotatable bonds is 3. The highest BCUT2D eigenvalue weighted by Gasteiger charge is 2.08. The summed E-state index contributed by atoms with van der Waals surface area (Å²) in [7, 11) is 0. The van der Waals surface area contributed by atoms with Gasteiger partial charge in [0.25, 0.3) is 0 Å². The fraction of sp³-hybridized carbons (Fsp3) is 0. The molecule has 4 rings (SSSR count). The van der Waals surface area contributed by atoms with Gasteiger partial charge in [0.1, 0.15) is 5.75 Å². The number of nitrogens with one attached hydrogen (secondary N) is 1. The van der Waals surface area contributed by atoms with E-state index in [0.29, 0.717) is 11.4 Å². The topological polar surface area (TPSA) is 51.2 Å². The van der Waals surface area contributed by atoms with Gasteiger partial charge in [0.15, 0.2) is 0 Å². The maximum Gasteiger partial charge on any atom is 0.417 e. The zero-order valence-electron chi connectivity index (χ0n) is 13.2. The molecule has 4 aromatic rings. The quantitative estimate of drug-likeness (QED) is 0.527. The van der Waals surface area contributed by atoms with E-state index in [0.717, 1.165) is 21.3 Å². The number of para-hydroxylation sites is 2. The van der Waals surface area contributed by atoms with Gasteiger partial charge in [-0.2, -0.15) is 0 Å². The van der Waals surface area contributed by atoms with Crippen molar-refractivity contribution >= 4 is 33.3 Å². The Kier molecular flexibility index (Phi) is 4.14. The predicted molar refractivity (Wildman–Crippen MR) is 101 cm³/mol. The Morgan fingerprint density at radius 2 is 1.72 bits per heavy atom. The van der Waals surface area contributed by atoms with Crippen LogP contribution in [0.25, 0.3) is 21.3 Å². The second-order valence-corrected chi connectivity index (χ2v) is 6.30. The minimum Gasteiger partial charge on any atom is -0.410 e. The molecule has 1 aromatic heterocycles. The Morgan fingerprint density at radius 1 is 0.920 bits per heavy atom. The molecule has 0 unspecified atom stereocenters. The Hall–Kier alpha value is -3.18. The van der Waals surface area contributed by atoms with Crippen LogP contribution < -0.4 is 10.1 Å². The van der Waals surface area contributed by atoms with Crippen molar-refractivity contribution < 1.29 is 9.53 Å². The molecule has 3 aromatic carbocycles. The molecule has 122 valence electrons. The summed E-state index contributed by atoms with van der Waals surface area (Å²) in [5.41, 5.74) is 5.66. The molecular weight excluding hydrogens is 332 g/mol. The molecule has 5 heteroatoms. The van der Waals surface area contributed by atoms with Gasteiger partial charge >= 0.3 is 6.09 Å². The second kappa shape index (κ2) is 6.75. The van der Waals surface area contributed by atoms with Crippen LogP contribution in [0.5, 0.6) is 5.75 Å². The molecule has 0 aliphatic heterocycles. The summed E-state index contributed by atoms with van der Waals surface area (Å²) in [5, 5.41) is 2.73. The smallest absolute Gasteiger partial charge is 0.410 e. The van der Waals surface area contributed by atoms with E-state index in [2.05, 4.69) is 16.4 Å². The van der Waals surface area contributed by atoms with Crippen LogP contribution in [0.15, 0.2) is 78.3 Å². The third-order valence-corrected chi connectivity index (χ3v) is 4.55. The molecule has 4 nitrogen and oxygen atoms in total. The molecule has 1 heterocycles. The SMILES string of the molecule is O=C(Nc1ccc(-c2cccc3scnc23)cc1)Oc1ccccc1. The minimum atomic E-state index is -0.513. The minimum absolute atomic E-state index is 0.506. The third-order valence-electron chi connectivity index (χ3n) is 3.76. The number of fused-ring (bicyclic) bond motifs is 1. The van der Waals surface area contributed by atoms with E-state index in [9.17, 15) is 4.79 Å². The lowest BCUT2D eigenvalue weighted by atomic mass is 10.0. The van der Waals surface area contributed by atoms with Gasteiger partial charge in [0, 0.05) is 11.3 Å². The summed E-state index contributed by atoms with van der Waals surface area (Å²) >= 11 is 1.62. The number of hydrogen-bond acceptors (Lipinski definition) is 4. The summed E-state index contributed by atoms with van der Waals surface area (Å²) in [6.07, 6.45) is -0.513. The van der Waals surface area contributed by atoms with E-state index < -0.39 is 6.09 Å². The summed E-state index contributed by atoms with van der Waals surface area (Å²) < 4.78 is 6.38. The summed E-state index contributed by atoms with van der Waals surface area (Å²) in [5.74, 6) is 0.506. The van der Waals surface area contributed by atoms with Crippen molar-refractivity contribution in [2.45, 2.75) is 0 Å². The van der Waals surface area contributed by atoms with E-state index in [-0.39, 0.29) is 0 Å². The van der Waals surface area contributed by atoms with Crippen LogP contribution in [-0.4, -0.2) is 11.1 Å². The van der Waals surface area contributed by atoms with Crippen LogP contribution in [0.1, 0.15) is 0 Å². The molecule has 0 atom stereocenters. The molecule has 0 spiro atoms. The molecule has 0 saturated heterocycles. The largest absolute Gasteiger partial charge is 0.417 e. The number of benzene rings is 3. The number of aromatic nitrogens is 1. The lowest BCUT2D eigenvalue weighted by Gasteiger charge is -2.08. The van der Waals surface area contributed by atoms with E-state index in [4.69, 9.17) is 4.74 Å². The lowest BCUT2D eigenvalue weighted by molar-refractivity contribution is 0.215. The maximum atomic E-state index is 11.9. The zero-order chi connectivity index (χ0) is 17.1. The Labute approximate surface area is 148 Å². The number of nitrogens with zero attached hydrogens (tertiary/aromatic N) is 1. The zero-order valence-corrected chi connectivity index (χ0v) is 14.0. The molecule has 0 saturated carbocycles. The van der Waals surface area contributed by atoms with E-state index in [1.54, 1.807) is 23.5 Å². The van der Waals surface area contributed by atoms with Crippen molar-refractivity contribution in [3.05, 3.63) is 78.3 Å². The highest BCUT2D eigenvalue weighted by molar-refractivity contribution is 7.16. The van der Waals surface area contributed by atoms with Gasteiger partial charge in [-0.1, -0.05) is 42.5 Å². The van der Waals surface area contributed by atoms with Gasteiger partial charge in [-0.05, 0) is 35.9 Å². The second-order valence-electron chi connectivity index (χ2n) is 5.41. The van der Waals surface area contributed by atoms with Crippen LogP contribution >= 0.6 is 11.3 Å². The fourth-order valence-electron chi connectivity index (χ4n) is 2.59. The molecule has 1 N–H and O–H groups in total. The van der Waals surface area contributed by atoms with Crippen LogP contribution in [0.2, 0.25) is 0 Å². The van der Waals surface area contributed by atoms with Crippen molar-refractivity contribution in [3.8, 4) is 16.9 Å². The number of carbonyl (C=O) groups is 1. The number of anilines is 1. The molecule has 0 aliphatic carbocycles. The van der Waals surface area contributed by atoms with E-state index in [1.807, 2.05) is 60.1 Å². The monoisotopic (exact) mass is 346 g/mol. The summed E-state index contributed by atoms with van der Waals surface area (Å²) in [4.78, 5) is 16.4. The van der Waals surface area contributed by atoms with Crippen molar-refractivity contribution in [1.82, 2.24) is 4.98 Å². The number of hydrogen-bond donors (Lipinski definition) is 1. The Morgan fingerprint density at radius 3 is 2.52 bits per heavy atom.